The van der Waals surface area contributed by atoms with Gasteiger partial charge in [-0.05, 0) is 18.6 Å². The first kappa shape index (κ1) is 14.2. The van der Waals surface area contributed by atoms with Gasteiger partial charge in [-0.25, -0.2) is 4.79 Å². The van der Waals surface area contributed by atoms with Gasteiger partial charge in [-0.2, -0.15) is 4.98 Å². The molecule has 1 rings (SSSR count). The molecule has 0 aliphatic heterocycles. The van der Waals surface area contributed by atoms with Crippen LogP contribution in [-0.2, 0) is 4.74 Å². The van der Waals surface area contributed by atoms with E-state index in [9.17, 15) is 4.79 Å². The van der Waals surface area contributed by atoms with Crippen LogP contribution in [0.5, 0.6) is 5.88 Å². The fourth-order valence-corrected chi connectivity index (χ4v) is 1.43. The molecule has 1 unspecified atom stereocenters. The number of pyridine rings is 1. The highest BCUT2D eigenvalue weighted by Gasteiger charge is 2.15. The molecule has 6 nitrogen and oxygen atoms in total. The Morgan fingerprint density at radius 3 is 2.72 bits per heavy atom. The minimum absolute atomic E-state index is 0.0131. The van der Waals surface area contributed by atoms with E-state index in [0.29, 0.717) is 5.82 Å². The van der Waals surface area contributed by atoms with Crippen LogP contribution in [-0.4, -0.2) is 42.9 Å². The van der Waals surface area contributed by atoms with Gasteiger partial charge in [0.15, 0.2) is 0 Å². The minimum Gasteiger partial charge on any atom is -0.480 e. The molecule has 1 atom stereocenters. The van der Waals surface area contributed by atoms with Gasteiger partial charge in [-0.3, -0.25) is 0 Å². The Morgan fingerprint density at radius 1 is 1.50 bits per heavy atom. The molecule has 0 aliphatic carbocycles. The van der Waals surface area contributed by atoms with Crippen molar-refractivity contribution >= 4 is 11.8 Å². The lowest BCUT2D eigenvalue weighted by atomic mass is 10.2. The molecule has 0 saturated carbocycles. The molecular formula is C12H18N2O4. The standard InChI is InChI=1S/C12H18N2O4/c1-4-8(7-15)13-10-6-5-9(12(16)18-3)11(14-10)17-2/h5-6,8,15H,4,7H2,1-3H3,(H,13,14). The number of carbonyl (C=O) groups is 1. The average molecular weight is 254 g/mol. The molecule has 0 amide bonds. The first-order chi connectivity index (χ1) is 8.65. The Balaban J connectivity index is 2.94. The van der Waals surface area contributed by atoms with E-state index in [1.165, 1.54) is 14.2 Å². The van der Waals surface area contributed by atoms with Gasteiger partial charge in [0.2, 0.25) is 5.88 Å². The summed E-state index contributed by atoms with van der Waals surface area (Å²) >= 11 is 0. The number of aromatic nitrogens is 1. The van der Waals surface area contributed by atoms with E-state index in [2.05, 4.69) is 15.0 Å². The number of rotatable bonds is 6. The lowest BCUT2D eigenvalue weighted by molar-refractivity contribution is 0.0596. The van der Waals surface area contributed by atoms with Crippen LogP contribution in [0.3, 0.4) is 0 Å². The lowest BCUT2D eigenvalue weighted by Crippen LogP contribution is -2.23. The molecule has 1 aromatic heterocycles. The molecule has 0 spiro atoms. The highest BCUT2D eigenvalue weighted by Crippen LogP contribution is 2.19. The van der Waals surface area contributed by atoms with Gasteiger partial charge in [-0.15, -0.1) is 0 Å². The van der Waals surface area contributed by atoms with E-state index in [1.807, 2.05) is 6.92 Å². The third kappa shape index (κ3) is 3.33. The van der Waals surface area contributed by atoms with Crippen molar-refractivity contribution in [1.29, 1.82) is 0 Å². The number of hydrogen-bond donors (Lipinski definition) is 2. The molecule has 0 fully saturated rings. The number of carbonyl (C=O) groups excluding carboxylic acids is 1. The summed E-state index contributed by atoms with van der Waals surface area (Å²) in [6, 6.07) is 3.14. The molecule has 0 aromatic carbocycles. The van der Waals surface area contributed by atoms with Crippen molar-refractivity contribution in [2.45, 2.75) is 19.4 Å². The van der Waals surface area contributed by atoms with Crippen molar-refractivity contribution in [3.8, 4) is 5.88 Å². The summed E-state index contributed by atoms with van der Waals surface area (Å²) in [5.74, 6) is 0.236. The van der Waals surface area contributed by atoms with Gasteiger partial charge in [-0.1, -0.05) is 6.92 Å². The van der Waals surface area contributed by atoms with Crippen molar-refractivity contribution in [3.63, 3.8) is 0 Å². The topological polar surface area (TPSA) is 80.7 Å². The number of hydrogen-bond acceptors (Lipinski definition) is 6. The second kappa shape index (κ2) is 6.80. The van der Waals surface area contributed by atoms with Crippen LogP contribution in [0.15, 0.2) is 12.1 Å². The van der Waals surface area contributed by atoms with Crippen LogP contribution in [0.1, 0.15) is 23.7 Å². The van der Waals surface area contributed by atoms with Gasteiger partial charge < -0.3 is 19.9 Å². The molecule has 2 N–H and O–H groups in total. The van der Waals surface area contributed by atoms with Crippen LogP contribution < -0.4 is 10.1 Å². The zero-order valence-corrected chi connectivity index (χ0v) is 10.8. The Kier molecular flexibility index (Phi) is 5.38. The first-order valence-corrected chi connectivity index (χ1v) is 5.67. The summed E-state index contributed by atoms with van der Waals surface area (Å²) in [7, 11) is 2.73. The fourth-order valence-electron chi connectivity index (χ4n) is 1.43. The smallest absolute Gasteiger partial charge is 0.343 e. The maximum absolute atomic E-state index is 11.4. The highest BCUT2D eigenvalue weighted by molar-refractivity contribution is 5.92. The van der Waals surface area contributed by atoms with Crippen LogP contribution in [0.25, 0.3) is 0 Å². The Labute approximate surface area is 106 Å². The predicted octanol–water partition coefficient (Wildman–Crippen LogP) is 1.06. The molecule has 0 aliphatic rings. The van der Waals surface area contributed by atoms with Crippen molar-refractivity contribution < 1.29 is 19.4 Å². The average Bonchev–Trinajstić information content (AvgIpc) is 2.43. The highest BCUT2D eigenvalue weighted by atomic mass is 16.5. The molecule has 18 heavy (non-hydrogen) atoms. The van der Waals surface area contributed by atoms with Crippen LogP contribution in [0.2, 0.25) is 0 Å². The number of aliphatic hydroxyl groups is 1. The number of nitrogens with zero attached hydrogens (tertiary/aromatic N) is 1. The third-order valence-corrected chi connectivity index (χ3v) is 2.52. The maximum atomic E-state index is 11.4. The molecule has 0 saturated heterocycles. The zero-order chi connectivity index (χ0) is 13.5. The van der Waals surface area contributed by atoms with E-state index in [4.69, 9.17) is 9.84 Å². The number of anilines is 1. The summed E-state index contributed by atoms with van der Waals surface area (Å²) in [5.41, 5.74) is 0.266. The molecule has 6 heteroatoms. The lowest BCUT2D eigenvalue weighted by Gasteiger charge is -2.15. The number of nitrogens with one attached hydrogen (secondary N) is 1. The number of methoxy groups -OCH3 is 2. The van der Waals surface area contributed by atoms with E-state index in [-0.39, 0.29) is 24.1 Å². The first-order valence-electron chi connectivity index (χ1n) is 5.67. The summed E-state index contributed by atoms with van der Waals surface area (Å²) in [4.78, 5) is 15.6. The number of aliphatic hydroxyl groups excluding tert-OH is 1. The van der Waals surface area contributed by atoms with Gasteiger partial charge >= 0.3 is 5.97 Å². The second-order valence-electron chi connectivity index (χ2n) is 3.68. The molecule has 1 heterocycles. The van der Waals surface area contributed by atoms with Crippen molar-refractivity contribution in [2.75, 3.05) is 26.1 Å². The van der Waals surface area contributed by atoms with E-state index in [1.54, 1.807) is 12.1 Å². The maximum Gasteiger partial charge on any atom is 0.343 e. The molecular weight excluding hydrogens is 236 g/mol. The summed E-state index contributed by atoms with van der Waals surface area (Å²) in [6.45, 7) is 1.97. The van der Waals surface area contributed by atoms with Gasteiger partial charge in [0.1, 0.15) is 11.4 Å². The summed E-state index contributed by atoms with van der Waals surface area (Å²) < 4.78 is 9.67. The van der Waals surface area contributed by atoms with E-state index in [0.717, 1.165) is 6.42 Å². The largest absolute Gasteiger partial charge is 0.480 e. The Bertz CT molecular complexity index is 405. The number of esters is 1. The molecule has 1 aromatic rings. The normalized spacial score (nSPS) is 11.8. The van der Waals surface area contributed by atoms with Gasteiger partial charge in [0, 0.05) is 0 Å². The third-order valence-electron chi connectivity index (χ3n) is 2.52. The predicted molar refractivity (Wildman–Crippen MR) is 66.9 cm³/mol. The van der Waals surface area contributed by atoms with Crippen molar-refractivity contribution in [3.05, 3.63) is 17.7 Å². The molecule has 100 valence electrons. The van der Waals surface area contributed by atoms with E-state index < -0.39 is 5.97 Å². The second-order valence-corrected chi connectivity index (χ2v) is 3.68. The quantitative estimate of drug-likeness (QED) is 0.739. The summed E-state index contributed by atoms with van der Waals surface area (Å²) in [5, 5.41) is 12.1. The summed E-state index contributed by atoms with van der Waals surface area (Å²) in [6.07, 6.45) is 0.763. The van der Waals surface area contributed by atoms with E-state index >= 15 is 0 Å². The van der Waals surface area contributed by atoms with Crippen molar-refractivity contribution in [1.82, 2.24) is 4.98 Å². The van der Waals surface area contributed by atoms with Crippen LogP contribution >= 0.6 is 0 Å². The minimum atomic E-state index is -0.500. The SMILES string of the molecule is CCC(CO)Nc1ccc(C(=O)OC)c(OC)n1. The van der Waals surface area contributed by atoms with Crippen molar-refractivity contribution in [2.24, 2.45) is 0 Å². The molecule has 0 bridgehead atoms. The monoisotopic (exact) mass is 254 g/mol. The zero-order valence-electron chi connectivity index (χ0n) is 10.8. The fraction of sp³-hybridized carbons (Fsp3) is 0.500. The van der Waals surface area contributed by atoms with Gasteiger partial charge in [0.25, 0.3) is 0 Å². The Morgan fingerprint density at radius 2 is 2.22 bits per heavy atom. The van der Waals surface area contributed by atoms with Crippen LogP contribution in [0.4, 0.5) is 5.82 Å². The number of ether oxygens (including phenoxy) is 2. The van der Waals surface area contributed by atoms with Crippen LogP contribution in [0, 0.1) is 0 Å². The molecule has 0 radical (unpaired) electrons. The Hall–Kier alpha value is -1.82. The van der Waals surface area contributed by atoms with Gasteiger partial charge in [0.05, 0.1) is 26.9 Å².